The molecule has 6 rings (SSSR count). The molecule has 0 saturated carbocycles. The van der Waals surface area contributed by atoms with Gasteiger partial charge in [0.05, 0.1) is 45.2 Å². The number of fused-ring (bicyclic) bond motifs is 1. The van der Waals surface area contributed by atoms with Crippen LogP contribution in [0.4, 0.5) is 73.9 Å². The van der Waals surface area contributed by atoms with E-state index in [0.717, 1.165) is 12.1 Å². The number of phenols is 1. The van der Waals surface area contributed by atoms with Gasteiger partial charge < -0.3 is 33.8 Å². The maximum atomic E-state index is 12.5. The predicted molar refractivity (Wildman–Crippen MR) is 221 cm³/mol. The van der Waals surface area contributed by atoms with Gasteiger partial charge in [-0.05, 0) is 102 Å². The van der Waals surface area contributed by atoms with E-state index in [1.54, 1.807) is 24.3 Å². The van der Waals surface area contributed by atoms with Crippen LogP contribution < -0.4 is 28.7 Å². The summed E-state index contributed by atoms with van der Waals surface area (Å²) in [6.07, 6.45) is 0. The Bertz CT molecular complexity index is 2690. The molecule has 0 amide bonds. The largest absolute Gasteiger partial charge is 0.505 e. The van der Waals surface area contributed by atoms with Crippen molar-refractivity contribution in [2.24, 2.45) is 40.9 Å². The molecule has 0 aliphatic rings. The van der Waals surface area contributed by atoms with Gasteiger partial charge in [-0.3, -0.25) is 9.11 Å². The first-order valence-corrected chi connectivity index (χ1v) is 18.6. The van der Waals surface area contributed by atoms with E-state index in [2.05, 4.69) is 40.9 Å². The minimum atomic E-state index is -5.12. The summed E-state index contributed by atoms with van der Waals surface area (Å²) in [7, 11) is -10.2. The van der Waals surface area contributed by atoms with E-state index >= 15 is 0 Å². The molecule has 0 atom stereocenters. The Labute approximate surface area is 374 Å². The molecular weight excluding hydrogens is 813 g/mol. The van der Waals surface area contributed by atoms with Crippen LogP contribution in [0.5, 0.6) is 5.75 Å². The Kier molecular flexibility index (Phi) is 14.4. The van der Waals surface area contributed by atoms with Gasteiger partial charge in [-0.25, -0.2) is 0 Å². The van der Waals surface area contributed by atoms with Gasteiger partial charge in [-0.15, -0.1) is 20.5 Å². The molecule has 0 saturated heterocycles. The summed E-state index contributed by atoms with van der Waals surface area (Å²) >= 11 is 0. The molecule has 2 radical (unpaired) electrons. The molecule has 0 bridgehead atoms. The van der Waals surface area contributed by atoms with Gasteiger partial charge in [-0.1, -0.05) is 0 Å². The van der Waals surface area contributed by atoms with Crippen molar-refractivity contribution in [3.63, 3.8) is 0 Å². The molecule has 13 N–H and O–H groups in total. The number of azo groups is 4. The zero-order valence-electron chi connectivity index (χ0n) is 30.5. The van der Waals surface area contributed by atoms with Crippen molar-refractivity contribution >= 4 is 164 Å². The molecule has 6 aromatic rings. The molecule has 0 spiro atoms. The number of nitrogens with two attached hydrogens (primary N) is 5. The van der Waals surface area contributed by atoms with Crippen LogP contribution in [0.1, 0.15) is 0 Å². The van der Waals surface area contributed by atoms with Crippen molar-refractivity contribution in [3.8, 4) is 5.75 Å². The third-order valence-corrected chi connectivity index (χ3v) is 9.48. The quantitative estimate of drug-likeness (QED) is 0.0283. The third kappa shape index (κ3) is 10.6. The minimum Gasteiger partial charge on any atom is -0.505 e. The van der Waals surface area contributed by atoms with E-state index in [-0.39, 0.29) is 81.3 Å². The SMILES string of the molecule is Nc1ccc(N=Nc2ccc(N=Nc3c(S(=O)(=O)O)cc4cc(S(=O)(=O)O)c(N=Nc5ccc(N=Nc6ccc(N)cc6N)cc5)c(O)c4c3N)cc2)c(N)c1.[Na].[Na]. The van der Waals surface area contributed by atoms with Crippen LogP contribution in [0.15, 0.2) is 148 Å². The van der Waals surface area contributed by atoms with Crippen molar-refractivity contribution in [1.82, 2.24) is 0 Å². The van der Waals surface area contributed by atoms with Gasteiger partial charge in [0.2, 0.25) is 0 Å². The number of rotatable bonds is 10. The average molecular weight is 842 g/mol. The maximum absolute atomic E-state index is 12.5. The van der Waals surface area contributed by atoms with E-state index in [0.29, 0.717) is 45.5 Å². The summed E-state index contributed by atoms with van der Waals surface area (Å²) in [4.78, 5) is -1.84. The number of hydrogen-bond acceptors (Lipinski definition) is 18. The average Bonchev–Trinajstić information content (AvgIpc) is 3.13. The topological polar surface area (TPSA) is 358 Å². The van der Waals surface area contributed by atoms with Crippen LogP contribution in [0.25, 0.3) is 10.8 Å². The normalized spacial score (nSPS) is 12.1. The van der Waals surface area contributed by atoms with Gasteiger partial charge in [0.25, 0.3) is 20.2 Å². The van der Waals surface area contributed by atoms with Crippen LogP contribution in [0.2, 0.25) is 0 Å². The molecule has 0 aliphatic heterocycles. The summed E-state index contributed by atoms with van der Waals surface area (Å²) in [5.41, 5.74) is 31.1. The Morgan fingerprint density at radius 2 is 0.793 bits per heavy atom. The molecule has 0 aromatic heterocycles. The molecule has 20 nitrogen and oxygen atoms in total. The second-order valence-electron chi connectivity index (χ2n) is 11.7. The van der Waals surface area contributed by atoms with Crippen LogP contribution >= 0.6 is 0 Å². The fourth-order valence-corrected chi connectivity index (χ4v) is 6.37. The number of hydrogen-bond donors (Lipinski definition) is 8. The second-order valence-corrected chi connectivity index (χ2v) is 14.5. The number of nitrogen functional groups attached to an aromatic ring is 5. The third-order valence-electron chi connectivity index (χ3n) is 7.75. The monoisotopic (exact) mass is 841 g/mol. The summed E-state index contributed by atoms with van der Waals surface area (Å²) in [5, 5.41) is 42.8. The van der Waals surface area contributed by atoms with Gasteiger partial charge in [-0.2, -0.15) is 37.3 Å². The predicted octanol–water partition coefficient (Wildman–Crippen LogP) is 7.85. The van der Waals surface area contributed by atoms with Crippen molar-refractivity contribution in [1.29, 1.82) is 0 Å². The molecule has 58 heavy (non-hydrogen) atoms. The number of aromatic hydroxyl groups is 1. The Balaban J connectivity index is 0.00000372. The van der Waals surface area contributed by atoms with Gasteiger partial charge in [0, 0.05) is 70.5 Å². The molecule has 0 heterocycles. The molecule has 6 aromatic carbocycles. The summed E-state index contributed by atoms with van der Waals surface area (Å²) in [6, 6.07) is 23.0. The fourth-order valence-electron chi connectivity index (χ4n) is 5.04. The van der Waals surface area contributed by atoms with Crippen LogP contribution in [-0.4, -0.2) is 90.2 Å². The van der Waals surface area contributed by atoms with Crippen molar-refractivity contribution in [2.45, 2.75) is 9.79 Å². The summed E-state index contributed by atoms with van der Waals surface area (Å²) < 4.78 is 69.9. The smallest absolute Gasteiger partial charge is 0.296 e. The molecule has 0 aliphatic carbocycles. The standard InChI is InChI=1S/C34H29N13O7S2.2Na/c35-18-1-11-26(24(37)15-18)44-40-20-3-7-22(8-4-20)42-46-32-28(55(49,50)51)13-17-14-29(56(52,53)54)33(34(48)30(17)31(32)39)47-43-23-9-5-21(6-10-23)41-45-27-12-2-19(36)16-25(27)38;;/h1-16,48H,35-39H2,(H,49,50,51)(H,52,53,54);;. The summed E-state index contributed by atoms with van der Waals surface area (Å²) in [6.45, 7) is 0. The first-order valence-electron chi connectivity index (χ1n) is 15.7. The van der Waals surface area contributed by atoms with Crippen molar-refractivity contribution in [2.75, 3.05) is 28.7 Å². The van der Waals surface area contributed by atoms with E-state index in [9.17, 15) is 31.0 Å². The molecular formula is C34H29N13Na2O7S2. The van der Waals surface area contributed by atoms with Crippen LogP contribution in [0.3, 0.4) is 0 Å². The zero-order chi connectivity index (χ0) is 40.4. The first-order chi connectivity index (χ1) is 26.5. The Hall–Kier alpha value is -5.40. The Morgan fingerprint density at radius 3 is 1.16 bits per heavy atom. The van der Waals surface area contributed by atoms with E-state index in [4.69, 9.17) is 28.7 Å². The second kappa shape index (κ2) is 18.5. The molecule has 0 fully saturated rings. The van der Waals surface area contributed by atoms with Crippen molar-refractivity contribution < 1.29 is 31.0 Å². The van der Waals surface area contributed by atoms with E-state index in [1.165, 1.54) is 60.7 Å². The van der Waals surface area contributed by atoms with Crippen LogP contribution in [-0.2, 0) is 20.2 Å². The van der Waals surface area contributed by atoms with Gasteiger partial charge >= 0.3 is 0 Å². The minimum absolute atomic E-state index is 0. The summed E-state index contributed by atoms with van der Waals surface area (Å²) in [5.74, 6) is -0.919. The Morgan fingerprint density at radius 1 is 0.448 bits per heavy atom. The van der Waals surface area contributed by atoms with E-state index in [1.807, 2.05) is 0 Å². The van der Waals surface area contributed by atoms with Crippen LogP contribution in [0, 0.1) is 0 Å². The first kappa shape index (κ1) is 45.3. The maximum Gasteiger partial charge on any atom is 0.296 e. The zero-order valence-corrected chi connectivity index (χ0v) is 36.1. The molecule has 286 valence electrons. The van der Waals surface area contributed by atoms with Gasteiger partial charge in [0.1, 0.15) is 32.5 Å². The molecule has 0 unspecified atom stereocenters. The number of nitrogens with zero attached hydrogens (tertiary/aromatic N) is 8. The molecule has 24 heteroatoms. The number of phenolic OH excluding ortho intramolecular Hbond substituents is 1. The number of benzene rings is 6. The fraction of sp³-hybridized carbons (Fsp3) is 0. The van der Waals surface area contributed by atoms with Gasteiger partial charge in [0.15, 0.2) is 5.75 Å². The van der Waals surface area contributed by atoms with E-state index < -0.39 is 52.8 Å². The number of anilines is 5. The van der Waals surface area contributed by atoms with Crippen molar-refractivity contribution in [3.05, 3.63) is 97.1 Å².